The number of carbonyl (C=O) groups excluding carboxylic acids is 2. The van der Waals surface area contributed by atoms with E-state index in [2.05, 4.69) is 10.6 Å². The number of nitrogens with zero attached hydrogens (tertiary/aromatic N) is 2. The lowest BCUT2D eigenvalue weighted by Gasteiger charge is -2.14. The van der Waals surface area contributed by atoms with E-state index in [1.165, 1.54) is 10.4 Å². The molecule has 2 N–H and O–H groups in total. The topological polar surface area (TPSA) is 112 Å². The maximum Gasteiger partial charge on any atom is 0.317 e. The van der Waals surface area contributed by atoms with Gasteiger partial charge in [-0.1, -0.05) is 0 Å². The maximum absolute atomic E-state index is 12.5. The van der Waals surface area contributed by atoms with Gasteiger partial charge >= 0.3 is 6.03 Å². The highest BCUT2D eigenvalue weighted by Gasteiger charge is 2.31. The molecule has 10 heteroatoms. The van der Waals surface area contributed by atoms with E-state index >= 15 is 0 Å². The lowest BCUT2D eigenvalue weighted by atomic mass is 10.2. The molecule has 0 unspecified atom stereocenters. The molecule has 1 aromatic rings. The van der Waals surface area contributed by atoms with Crippen molar-refractivity contribution in [2.75, 3.05) is 39.3 Å². The van der Waals surface area contributed by atoms with E-state index in [1.54, 1.807) is 11.8 Å². The van der Waals surface area contributed by atoms with Crippen LogP contribution in [0.4, 0.5) is 4.79 Å². The van der Waals surface area contributed by atoms with Gasteiger partial charge in [0, 0.05) is 45.3 Å². The van der Waals surface area contributed by atoms with Crippen LogP contribution in [0.15, 0.2) is 15.6 Å². The third-order valence-electron chi connectivity index (χ3n) is 4.41. The molecule has 9 nitrogen and oxygen atoms in total. The molecule has 2 fully saturated rings. The summed E-state index contributed by atoms with van der Waals surface area (Å²) in [4.78, 5) is 25.3. The van der Waals surface area contributed by atoms with Crippen LogP contribution in [0.1, 0.15) is 29.0 Å². The van der Waals surface area contributed by atoms with Gasteiger partial charge in [-0.25, -0.2) is 13.2 Å². The van der Waals surface area contributed by atoms with E-state index in [0.717, 1.165) is 12.8 Å². The first-order chi connectivity index (χ1) is 11.9. The SMILES string of the molecule is Cc1oc(S(=O)(=O)N2CCCC2)cc1C(=O)NCCN1CCNC1=O. The summed E-state index contributed by atoms with van der Waals surface area (Å²) in [5.41, 5.74) is 0.198. The summed E-state index contributed by atoms with van der Waals surface area (Å²) >= 11 is 0. The summed E-state index contributed by atoms with van der Waals surface area (Å²) in [6.45, 7) is 4.40. The third kappa shape index (κ3) is 3.64. The first-order valence-corrected chi connectivity index (χ1v) is 9.75. The van der Waals surface area contributed by atoms with Gasteiger partial charge in [-0.05, 0) is 19.8 Å². The lowest BCUT2D eigenvalue weighted by molar-refractivity contribution is 0.0948. The van der Waals surface area contributed by atoms with Crippen molar-refractivity contribution in [3.05, 3.63) is 17.4 Å². The number of carbonyl (C=O) groups is 2. The molecule has 2 aliphatic rings. The Labute approximate surface area is 146 Å². The van der Waals surface area contributed by atoms with Gasteiger partial charge in [0.25, 0.3) is 15.9 Å². The van der Waals surface area contributed by atoms with Crippen molar-refractivity contribution in [1.82, 2.24) is 19.8 Å². The Morgan fingerprint density at radius 2 is 2.04 bits per heavy atom. The molecule has 0 atom stereocenters. The van der Waals surface area contributed by atoms with Crippen LogP contribution in [0.3, 0.4) is 0 Å². The summed E-state index contributed by atoms with van der Waals surface area (Å²) < 4.78 is 31.7. The Morgan fingerprint density at radius 1 is 1.32 bits per heavy atom. The minimum Gasteiger partial charge on any atom is -0.448 e. The van der Waals surface area contributed by atoms with Gasteiger partial charge in [-0.15, -0.1) is 0 Å². The highest BCUT2D eigenvalue weighted by atomic mass is 32.2. The van der Waals surface area contributed by atoms with Crippen LogP contribution >= 0.6 is 0 Å². The average molecular weight is 370 g/mol. The van der Waals surface area contributed by atoms with Crippen molar-refractivity contribution in [2.45, 2.75) is 24.9 Å². The zero-order valence-electron chi connectivity index (χ0n) is 14.1. The van der Waals surface area contributed by atoms with Crippen LogP contribution < -0.4 is 10.6 Å². The van der Waals surface area contributed by atoms with Crippen LogP contribution in [0, 0.1) is 6.92 Å². The monoisotopic (exact) mass is 370 g/mol. The van der Waals surface area contributed by atoms with Gasteiger partial charge in [0.15, 0.2) is 0 Å². The number of hydrogen-bond donors (Lipinski definition) is 2. The number of hydrogen-bond acceptors (Lipinski definition) is 5. The van der Waals surface area contributed by atoms with Crippen LogP contribution in [0.5, 0.6) is 0 Å². The summed E-state index contributed by atoms with van der Waals surface area (Å²) in [6, 6.07) is 1.13. The minimum atomic E-state index is -3.69. The molecule has 3 rings (SSSR count). The number of sulfonamides is 1. The number of urea groups is 1. The predicted molar refractivity (Wildman–Crippen MR) is 88.7 cm³/mol. The summed E-state index contributed by atoms with van der Waals surface area (Å²) in [5.74, 6) is -0.155. The molecular formula is C15H22N4O5S. The van der Waals surface area contributed by atoms with Crippen LogP contribution in [0.25, 0.3) is 0 Å². The second-order valence-electron chi connectivity index (χ2n) is 6.12. The Morgan fingerprint density at radius 3 is 2.68 bits per heavy atom. The Kier molecular flexibility index (Phi) is 5.00. The number of amides is 3. The van der Waals surface area contributed by atoms with Crippen molar-refractivity contribution in [1.29, 1.82) is 0 Å². The Balaban J connectivity index is 1.63. The van der Waals surface area contributed by atoms with E-state index in [9.17, 15) is 18.0 Å². The van der Waals surface area contributed by atoms with Gasteiger partial charge in [-0.2, -0.15) is 4.31 Å². The Bertz CT molecular complexity index is 767. The molecule has 0 radical (unpaired) electrons. The summed E-state index contributed by atoms with van der Waals surface area (Å²) in [5, 5.41) is 5.18. The van der Waals surface area contributed by atoms with Gasteiger partial charge in [0.2, 0.25) is 5.09 Å². The molecule has 2 saturated heterocycles. The van der Waals surface area contributed by atoms with Gasteiger partial charge in [0.05, 0.1) is 5.56 Å². The van der Waals surface area contributed by atoms with E-state index in [1.807, 2.05) is 0 Å². The van der Waals surface area contributed by atoms with Gasteiger partial charge in [-0.3, -0.25) is 4.79 Å². The second-order valence-corrected chi connectivity index (χ2v) is 7.99. The Hall–Kier alpha value is -2.07. The van der Waals surface area contributed by atoms with Crippen molar-refractivity contribution in [2.24, 2.45) is 0 Å². The number of rotatable bonds is 6. The molecule has 138 valence electrons. The van der Waals surface area contributed by atoms with E-state index in [0.29, 0.717) is 32.7 Å². The van der Waals surface area contributed by atoms with E-state index in [4.69, 9.17) is 4.42 Å². The molecule has 0 aliphatic carbocycles. The van der Waals surface area contributed by atoms with Crippen molar-refractivity contribution in [3.63, 3.8) is 0 Å². The molecule has 1 aromatic heterocycles. The molecule has 2 aliphatic heterocycles. The molecule has 0 bridgehead atoms. The molecular weight excluding hydrogens is 348 g/mol. The van der Waals surface area contributed by atoms with E-state index in [-0.39, 0.29) is 29.0 Å². The fraction of sp³-hybridized carbons (Fsp3) is 0.600. The number of nitrogens with one attached hydrogen (secondary N) is 2. The molecule has 0 saturated carbocycles. The zero-order valence-corrected chi connectivity index (χ0v) is 14.9. The van der Waals surface area contributed by atoms with Crippen LogP contribution in [-0.4, -0.2) is 68.8 Å². The fourth-order valence-corrected chi connectivity index (χ4v) is 4.48. The quantitative estimate of drug-likeness (QED) is 0.739. The highest BCUT2D eigenvalue weighted by molar-refractivity contribution is 7.89. The summed E-state index contributed by atoms with van der Waals surface area (Å²) in [7, 11) is -3.69. The lowest BCUT2D eigenvalue weighted by Crippen LogP contribution is -2.36. The molecule has 3 amide bonds. The largest absolute Gasteiger partial charge is 0.448 e. The molecule has 0 aromatic carbocycles. The number of furan rings is 1. The smallest absolute Gasteiger partial charge is 0.317 e. The molecule has 0 spiro atoms. The first-order valence-electron chi connectivity index (χ1n) is 8.31. The first kappa shape index (κ1) is 17.7. The normalized spacial score (nSPS) is 18.6. The van der Waals surface area contributed by atoms with Crippen LogP contribution in [-0.2, 0) is 10.0 Å². The number of aryl methyl sites for hydroxylation is 1. The molecule has 3 heterocycles. The van der Waals surface area contributed by atoms with E-state index < -0.39 is 15.9 Å². The van der Waals surface area contributed by atoms with Crippen molar-refractivity contribution < 1.29 is 22.4 Å². The fourth-order valence-electron chi connectivity index (χ4n) is 2.99. The minimum absolute atomic E-state index is 0.146. The highest BCUT2D eigenvalue weighted by Crippen LogP contribution is 2.25. The summed E-state index contributed by atoms with van der Waals surface area (Å²) in [6.07, 6.45) is 1.66. The van der Waals surface area contributed by atoms with Crippen LogP contribution in [0.2, 0.25) is 0 Å². The van der Waals surface area contributed by atoms with Gasteiger partial charge < -0.3 is 20.0 Å². The van der Waals surface area contributed by atoms with Crippen molar-refractivity contribution >= 4 is 22.0 Å². The maximum atomic E-state index is 12.5. The predicted octanol–water partition coefficient (Wildman–Crippen LogP) is 0.128. The van der Waals surface area contributed by atoms with Crippen molar-refractivity contribution in [3.8, 4) is 0 Å². The third-order valence-corrected chi connectivity index (χ3v) is 6.17. The standard InChI is InChI=1S/C15H22N4O5S/c1-11-12(14(20)16-4-8-18-9-5-17-15(18)21)10-13(24-11)25(22,23)19-6-2-3-7-19/h10H,2-9H2,1H3,(H,16,20)(H,17,21). The average Bonchev–Trinajstić information content (AvgIpc) is 3.29. The second kappa shape index (κ2) is 7.04. The molecule has 25 heavy (non-hydrogen) atoms. The zero-order chi connectivity index (χ0) is 18.0. The van der Waals surface area contributed by atoms with Gasteiger partial charge in [0.1, 0.15) is 5.76 Å².